The maximum Gasteiger partial charge on any atom is 0.280 e. The van der Waals surface area contributed by atoms with Crippen molar-refractivity contribution >= 4 is 5.69 Å². The van der Waals surface area contributed by atoms with Crippen molar-refractivity contribution in [3.05, 3.63) is 50.1 Å². The zero-order valence-electron chi connectivity index (χ0n) is 7.78. The number of aryl methyl sites for hydroxylation is 1. The first-order chi connectivity index (χ1) is 7.02. The summed E-state index contributed by atoms with van der Waals surface area (Å²) < 4.78 is 0. The third-order valence-electron chi connectivity index (χ3n) is 1.67. The minimum atomic E-state index is -1.15. The fourth-order valence-corrected chi connectivity index (χ4v) is 0.947. The predicted molar refractivity (Wildman–Crippen MR) is 50.6 cm³/mol. The van der Waals surface area contributed by atoms with E-state index >= 15 is 0 Å². The van der Waals surface area contributed by atoms with Crippen LogP contribution in [0.4, 0.5) is 5.69 Å². The van der Waals surface area contributed by atoms with Gasteiger partial charge in [-0.25, -0.2) is 20.2 Å². The molecular weight excluding hydrogens is 204 g/mol. The van der Waals surface area contributed by atoms with Crippen LogP contribution >= 0.6 is 0 Å². The Morgan fingerprint density at radius 2 is 1.73 bits per heavy atom. The Bertz CT molecular complexity index is 380. The average molecular weight is 212 g/mol. The summed E-state index contributed by atoms with van der Waals surface area (Å²) in [4.78, 5) is 20.6. The molecule has 0 bridgehead atoms. The van der Waals surface area contributed by atoms with Crippen LogP contribution in [0.5, 0.6) is 0 Å². The number of rotatable bonds is 4. The van der Waals surface area contributed by atoms with E-state index in [2.05, 4.69) is 5.43 Å². The van der Waals surface area contributed by atoms with Crippen molar-refractivity contribution in [2.45, 2.75) is 6.92 Å². The molecule has 0 amide bonds. The van der Waals surface area contributed by atoms with Gasteiger partial charge in [-0.05, 0) is 18.6 Å². The molecule has 80 valence electrons. The van der Waals surface area contributed by atoms with Crippen LogP contribution < -0.4 is 5.43 Å². The Labute approximate surface area is 84.3 Å². The number of hydrogen-bond donors (Lipinski definition) is 1. The summed E-state index contributed by atoms with van der Waals surface area (Å²) in [6.45, 7) is 1.68. The number of nitrogens with one attached hydrogen (secondary N) is 1. The maximum absolute atomic E-state index is 10.3. The predicted octanol–water partition coefficient (Wildman–Crippen LogP) is 1.01. The van der Waals surface area contributed by atoms with Crippen molar-refractivity contribution in [1.29, 1.82) is 0 Å². The summed E-state index contributed by atoms with van der Waals surface area (Å²) in [5, 5.41) is 18.0. The van der Waals surface area contributed by atoms with Crippen LogP contribution in [0.15, 0.2) is 24.3 Å². The smallest absolute Gasteiger partial charge is 0.229 e. The van der Waals surface area contributed by atoms with E-state index in [0.717, 1.165) is 0 Å². The highest BCUT2D eigenvalue weighted by Crippen LogP contribution is 2.13. The quantitative estimate of drug-likeness (QED) is 0.590. The van der Waals surface area contributed by atoms with Crippen LogP contribution in [-0.4, -0.2) is 15.3 Å². The van der Waals surface area contributed by atoms with Gasteiger partial charge >= 0.3 is 0 Å². The summed E-state index contributed by atoms with van der Waals surface area (Å²) in [6, 6.07) is 6.53. The zero-order valence-corrected chi connectivity index (χ0v) is 7.78. The molecule has 8 nitrogen and oxygen atoms in total. The first-order valence-corrected chi connectivity index (χ1v) is 3.93. The zero-order chi connectivity index (χ0) is 11.4. The van der Waals surface area contributed by atoms with Crippen molar-refractivity contribution in [2.75, 3.05) is 5.43 Å². The van der Waals surface area contributed by atoms with Crippen molar-refractivity contribution in [3.8, 4) is 0 Å². The number of para-hydroxylation sites is 1. The Hall–Kier alpha value is -2.38. The maximum atomic E-state index is 10.3. The number of benzene rings is 1. The fourth-order valence-electron chi connectivity index (χ4n) is 0.947. The first kappa shape index (κ1) is 10.7. The molecule has 0 heterocycles. The SMILES string of the molecule is Cc1ccccc1NN([N+](=O)[O-])[N+](=O)[O-]. The van der Waals surface area contributed by atoms with Gasteiger partial charge in [-0.1, -0.05) is 18.2 Å². The van der Waals surface area contributed by atoms with Gasteiger partial charge in [0.05, 0.1) is 5.69 Å². The van der Waals surface area contributed by atoms with E-state index in [9.17, 15) is 20.2 Å². The molecular formula is C7H8N4O4. The normalized spacial score (nSPS) is 9.40. The highest BCUT2D eigenvalue weighted by Gasteiger charge is 2.27. The van der Waals surface area contributed by atoms with Crippen LogP contribution in [0.25, 0.3) is 0 Å². The summed E-state index contributed by atoms with van der Waals surface area (Å²) in [6.07, 6.45) is 0. The standard InChI is InChI=1S/C7H8N4O4/c1-6-4-2-3-5-7(6)8-9(10(12)13)11(14)15/h2-5,8H,1H3. The van der Waals surface area contributed by atoms with E-state index in [-0.39, 0.29) is 5.23 Å². The minimum absolute atomic E-state index is 0.289. The lowest BCUT2D eigenvalue weighted by Gasteiger charge is -2.07. The molecule has 0 aromatic heterocycles. The summed E-state index contributed by atoms with van der Waals surface area (Å²) in [5.74, 6) is 0. The molecule has 8 heteroatoms. The molecule has 0 fully saturated rings. The molecule has 0 spiro atoms. The topological polar surface area (TPSA) is 102 Å². The monoisotopic (exact) mass is 212 g/mol. The average Bonchev–Trinajstić information content (AvgIpc) is 2.15. The molecule has 1 aromatic rings. The van der Waals surface area contributed by atoms with Crippen LogP contribution in [0, 0.1) is 27.2 Å². The van der Waals surface area contributed by atoms with Gasteiger partial charge in [0.2, 0.25) is 10.1 Å². The lowest BCUT2D eigenvalue weighted by Crippen LogP contribution is -2.40. The number of anilines is 1. The van der Waals surface area contributed by atoms with E-state index in [1.54, 1.807) is 25.1 Å². The summed E-state index contributed by atoms with van der Waals surface area (Å²) in [7, 11) is 0. The highest BCUT2D eigenvalue weighted by molar-refractivity contribution is 5.48. The Kier molecular flexibility index (Phi) is 3.01. The summed E-state index contributed by atoms with van der Waals surface area (Å²) in [5.41, 5.74) is 3.06. The van der Waals surface area contributed by atoms with Gasteiger partial charge in [0.15, 0.2) is 0 Å². The summed E-state index contributed by atoms with van der Waals surface area (Å²) >= 11 is 0. The van der Waals surface area contributed by atoms with E-state index in [1.807, 2.05) is 0 Å². The second kappa shape index (κ2) is 4.22. The van der Waals surface area contributed by atoms with Gasteiger partial charge in [-0.2, -0.15) is 5.43 Å². The molecule has 0 radical (unpaired) electrons. The Morgan fingerprint density at radius 1 is 1.20 bits per heavy atom. The van der Waals surface area contributed by atoms with Gasteiger partial charge in [0.25, 0.3) is 5.23 Å². The Balaban J connectivity index is 2.88. The van der Waals surface area contributed by atoms with E-state index in [0.29, 0.717) is 11.3 Å². The molecule has 15 heavy (non-hydrogen) atoms. The van der Waals surface area contributed by atoms with Crippen LogP contribution in [-0.2, 0) is 0 Å². The minimum Gasteiger partial charge on any atom is -0.229 e. The second-order valence-electron chi connectivity index (χ2n) is 2.69. The first-order valence-electron chi connectivity index (χ1n) is 3.93. The van der Waals surface area contributed by atoms with Crippen LogP contribution in [0.2, 0.25) is 0 Å². The molecule has 0 saturated carbocycles. The highest BCUT2D eigenvalue weighted by atomic mass is 16.8. The molecule has 1 rings (SSSR count). The second-order valence-corrected chi connectivity index (χ2v) is 2.69. The molecule has 1 aromatic carbocycles. The lowest BCUT2D eigenvalue weighted by molar-refractivity contribution is -0.900. The number of hydrazine groups is 3. The number of nitro groups is 2. The Morgan fingerprint density at radius 3 is 2.20 bits per heavy atom. The number of hydrogen-bond acceptors (Lipinski definition) is 5. The van der Waals surface area contributed by atoms with Crippen molar-refractivity contribution in [3.63, 3.8) is 0 Å². The molecule has 0 atom stereocenters. The van der Waals surface area contributed by atoms with Gasteiger partial charge in [-0.15, -0.1) is 0 Å². The van der Waals surface area contributed by atoms with E-state index in [4.69, 9.17) is 0 Å². The van der Waals surface area contributed by atoms with Crippen molar-refractivity contribution in [2.24, 2.45) is 0 Å². The third-order valence-corrected chi connectivity index (χ3v) is 1.67. The molecule has 0 unspecified atom stereocenters. The van der Waals surface area contributed by atoms with Crippen molar-refractivity contribution < 1.29 is 10.1 Å². The molecule has 0 aliphatic rings. The van der Waals surface area contributed by atoms with Gasteiger partial charge in [-0.3, -0.25) is 0 Å². The lowest BCUT2D eigenvalue weighted by atomic mass is 10.2. The van der Waals surface area contributed by atoms with E-state index in [1.165, 1.54) is 6.07 Å². The molecule has 0 saturated heterocycles. The van der Waals surface area contributed by atoms with Gasteiger partial charge < -0.3 is 0 Å². The van der Waals surface area contributed by atoms with Gasteiger partial charge in [0, 0.05) is 0 Å². The molecule has 0 aliphatic carbocycles. The number of nitrogens with zero attached hydrogens (tertiary/aromatic N) is 3. The largest absolute Gasteiger partial charge is 0.280 e. The fraction of sp³-hybridized carbons (Fsp3) is 0.143. The van der Waals surface area contributed by atoms with E-state index < -0.39 is 10.1 Å². The molecule has 0 aliphatic heterocycles. The van der Waals surface area contributed by atoms with Gasteiger partial charge in [0.1, 0.15) is 0 Å². The van der Waals surface area contributed by atoms with Crippen LogP contribution in [0.1, 0.15) is 5.56 Å². The molecule has 1 N–H and O–H groups in total. The van der Waals surface area contributed by atoms with Crippen molar-refractivity contribution in [1.82, 2.24) is 5.23 Å². The van der Waals surface area contributed by atoms with Crippen LogP contribution in [0.3, 0.4) is 0 Å². The third kappa shape index (κ3) is 2.53.